The van der Waals surface area contributed by atoms with Gasteiger partial charge in [0.15, 0.2) is 0 Å². The summed E-state index contributed by atoms with van der Waals surface area (Å²) in [5, 5.41) is 9.32. The lowest BCUT2D eigenvalue weighted by Gasteiger charge is -2.21. The Morgan fingerprint density at radius 1 is 1.35 bits per heavy atom. The van der Waals surface area contributed by atoms with Gasteiger partial charge in [-0.3, -0.25) is 9.59 Å². The number of aliphatic carboxylic acids is 1. The molecule has 1 unspecified atom stereocenters. The van der Waals surface area contributed by atoms with E-state index in [0.717, 1.165) is 10.6 Å². The van der Waals surface area contributed by atoms with Gasteiger partial charge in [0.1, 0.15) is 0 Å². The number of carbonyl (C=O) groups excluding carboxylic acids is 1. The number of amides is 1. The van der Waals surface area contributed by atoms with Crippen LogP contribution in [-0.4, -0.2) is 40.7 Å². The molecule has 1 saturated heterocycles. The summed E-state index contributed by atoms with van der Waals surface area (Å²) in [6.45, 7) is 6.57. The molecule has 0 aromatic heterocycles. The molecule has 1 N–H and O–H groups in total. The maximum atomic E-state index is 12.8. The van der Waals surface area contributed by atoms with Crippen LogP contribution < -0.4 is 0 Å². The highest BCUT2D eigenvalue weighted by Crippen LogP contribution is 2.32. The lowest BCUT2D eigenvalue weighted by Crippen LogP contribution is -2.35. The van der Waals surface area contributed by atoms with E-state index < -0.39 is 11.4 Å². The Morgan fingerprint density at radius 3 is 2.65 bits per heavy atom. The van der Waals surface area contributed by atoms with Crippen molar-refractivity contribution in [3.05, 3.63) is 41.5 Å². The fourth-order valence-electron chi connectivity index (χ4n) is 2.55. The zero-order chi connectivity index (χ0) is 17.0. The van der Waals surface area contributed by atoms with Crippen LogP contribution in [0.5, 0.6) is 0 Å². The first-order chi connectivity index (χ1) is 10.8. The van der Waals surface area contributed by atoms with Crippen molar-refractivity contribution in [1.82, 2.24) is 4.90 Å². The van der Waals surface area contributed by atoms with Gasteiger partial charge >= 0.3 is 5.97 Å². The van der Waals surface area contributed by atoms with E-state index in [0.29, 0.717) is 18.5 Å². The quantitative estimate of drug-likeness (QED) is 0.659. The van der Waals surface area contributed by atoms with Crippen molar-refractivity contribution in [2.75, 3.05) is 18.8 Å². The van der Waals surface area contributed by atoms with Gasteiger partial charge in [-0.15, -0.1) is 11.8 Å². The van der Waals surface area contributed by atoms with Crippen LogP contribution in [-0.2, 0) is 4.79 Å². The molecule has 1 atom stereocenters. The average molecular weight is 333 g/mol. The third-order valence-corrected chi connectivity index (χ3v) is 5.13. The number of likely N-dealkylation sites (tertiary alicyclic amines) is 1. The molecule has 0 bridgehead atoms. The molecule has 2 rings (SSSR count). The summed E-state index contributed by atoms with van der Waals surface area (Å²) >= 11 is 1.63. The standard InChI is InChI=1S/C18H23NO3S/c1-13(2)8-11-23-15-7-5-4-6-14(15)16(20)19-10-9-18(3,12-19)17(21)22/h4-8H,9-12H2,1-3H3,(H,21,22). The predicted molar refractivity (Wildman–Crippen MR) is 92.9 cm³/mol. The minimum Gasteiger partial charge on any atom is -0.481 e. The van der Waals surface area contributed by atoms with E-state index in [9.17, 15) is 14.7 Å². The molecule has 1 aromatic carbocycles. The van der Waals surface area contributed by atoms with Gasteiger partial charge < -0.3 is 10.0 Å². The van der Waals surface area contributed by atoms with Gasteiger partial charge in [0, 0.05) is 23.7 Å². The molecule has 1 heterocycles. The topological polar surface area (TPSA) is 57.6 Å². The molecule has 124 valence electrons. The van der Waals surface area contributed by atoms with E-state index in [1.165, 1.54) is 5.57 Å². The highest BCUT2D eigenvalue weighted by molar-refractivity contribution is 7.99. The van der Waals surface area contributed by atoms with Crippen molar-refractivity contribution in [2.45, 2.75) is 32.1 Å². The zero-order valence-corrected chi connectivity index (χ0v) is 14.7. The molecule has 5 heteroatoms. The number of rotatable bonds is 5. The number of carboxylic acids is 1. The minimum atomic E-state index is -0.834. The molecular weight excluding hydrogens is 310 g/mol. The molecule has 1 aliphatic rings. The summed E-state index contributed by atoms with van der Waals surface area (Å²) in [4.78, 5) is 26.7. The SMILES string of the molecule is CC(C)=CCSc1ccccc1C(=O)N1CCC(C)(C(=O)O)C1. The van der Waals surface area contributed by atoms with Crippen molar-refractivity contribution in [2.24, 2.45) is 5.41 Å². The fraction of sp³-hybridized carbons (Fsp3) is 0.444. The molecule has 0 saturated carbocycles. The van der Waals surface area contributed by atoms with Crippen LogP contribution in [0.4, 0.5) is 0 Å². The molecule has 23 heavy (non-hydrogen) atoms. The Balaban J connectivity index is 2.14. The Morgan fingerprint density at radius 2 is 2.04 bits per heavy atom. The number of allylic oxidation sites excluding steroid dienone is 1. The first-order valence-corrected chi connectivity index (χ1v) is 8.70. The van der Waals surface area contributed by atoms with Gasteiger partial charge in [-0.1, -0.05) is 23.8 Å². The number of hydrogen-bond acceptors (Lipinski definition) is 3. The number of nitrogens with zero attached hydrogens (tertiary/aromatic N) is 1. The van der Waals surface area contributed by atoms with Crippen LogP contribution in [0.2, 0.25) is 0 Å². The fourth-order valence-corrected chi connectivity index (χ4v) is 3.63. The van der Waals surface area contributed by atoms with Gasteiger partial charge in [0.2, 0.25) is 0 Å². The summed E-state index contributed by atoms with van der Waals surface area (Å²) in [5.74, 6) is -0.0891. The number of thioether (sulfide) groups is 1. The van der Waals surface area contributed by atoms with Crippen LogP contribution in [0.25, 0.3) is 0 Å². The smallest absolute Gasteiger partial charge is 0.311 e. The van der Waals surface area contributed by atoms with Crippen LogP contribution in [0.3, 0.4) is 0 Å². The van der Waals surface area contributed by atoms with Crippen LogP contribution in [0.15, 0.2) is 40.8 Å². The molecule has 1 aliphatic heterocycles. The van der Waals surface area contributed by atoms with Crippen LogP contribution >= 0.6 is 11.8 Å². The van der Waals surface area contributed by atoms with Gasteiger partial charge in [-0.2, -0.15) is 0 Å². The highest BCUT2D eigenvalue weighted by Gasteiger charge is 2.42. The number of hydrogen-bond donors (Lipinski definition) is 1. The third-order valence-electron chi connectivity index (χ3n) is 4.12. The Bertz CT molecular complexity index is 637. The number of carboxylic acid groups (broad SMARTS) is 1. The van der Waals surface area contributed by atoms with Crippen LogP contribution in [0.1, 0.15) is 37.6 Å². The summed E-state index contributed by atoms with van der Waals surface area (Å²) in [6.07, 6.45) is 2.63. The summed E-state index contributed by atoms with van der Waals surface area (Å²) in [7, 11) is 0. The lowest BCUT2D eigenvalue weighted by molar-refractivity contribution is -0.147. The molecular formula is C18H23NO3S. The summed E-state index contributed by atoms with van der Waals surface area (Å²) in [6, 6.07) is 7.55. The minimum absolute atomic E-state index is 0.0738. The Kier molecular flexibility index (Phi) is 5.52. The van der Waals surface area contributed by atoms with Gasteiger partial charge in [0.25, 0.3) is 5.91 Å². The van der Waals surface area contributed by atoms with Crippen molar-refractivity contribution < 1.29 is 14.7 Å². The second-order valence-electron chi connectivity index (χ2n) is 6.43. The van der Waals surface area contributed by atoms with E-state index in [4.69, 9.17) is 0 Å². The maximum Gasteiger partial charge on any atom is 0.311 e. The molecule has 1 fully saturated rings. The van der Waals surface area contributed by atoms with Crippen molar-refractivity contribution in [3.8, 4) is 0 Å². The van der Waals surface area contributed by atoms with E-state index in [-0.39, 0.29) is 12.5 Å². The average Bonchev–Trinajstić information content (AvgIpc) is 2.91. The van der Waals surface area contributed by atoms with E-state index in [2.05, 4.69) is 19.9 Å². The molecule has 0 aliphatic carbocycles. The zero-order valence-electron chi connectivity index (χ0n) is 13.8. The highest BCUT2D eigenvalue weighted by atomic mass is 32.2. The van der Waals surface area contributed by atoms with E-state index >= 15 is 0 Å². The molecule has 1 aromatic rings. The second kappa shape index (κ2) is 7.21. The molecule has 0 spiro atoms. The van der Waals surface area contributed by atoms with Gasteiger partial charge in [-0.25, -0.2) is 0 Å². The van der Waals surface area contributed by atoms with E-state index in [1.54, 1.807) is 23.6 Å². The van der Waals surface area contributed by atoms with Gasteiger partial charge in [-0.05, 0) is 39.3 Å². The van der Waals surface area contributed by atoms with Crippen LogP contribution in [0, 0.1) is 5.41 Å². The molecule has 0 radical (unpaired) electrons. The lowest BCUT2D eigenvalue weighted by atomic mass is 9.90. The van der Waals surface area contributed by atoms with Crippen molar-refractivity contribution in [3.63, 3.8) is 0 Å². The van der Waals surface area contributed by atoms with E-state index in [1.807, 2.05) is 24.3 Å². The largest absolute Gasteiger partial charge is 0.481 e. The Hall–Kier alpha value is -1.75. The van der Waals surface area contributed by atoms with Crippen molar-refractivity contribution >= 4 is 23.6 Å². The predicted octanol–water partition coefficient (Wildman–Crippen LogP) is 3.68. The summed E-state index contributed by atoms with van der Waals surface area (Å²) < 4.78 is 0. The third kappa shape index (κ3) is 4.16. The normalized spacial score (nSPS) is 20.4. The first kappa shape index (κ1) is 17.6. The first-order valence-electron chi connectivity index (χ1n) is 7.71. The number of benzene rings is 1. The second-order valence-corrected chi connectivity index (χ2v) is 7.49. The maximum absolute atomic E-state index is 12.8. The monoisotopic (exact) mass is 333 g/mol. The summed E-state index contributed by atoms with van der Waals surface area (Å²) in [5.41, 5.74) is 1.08. The molecule has 4 nitrogen and oxygen atoms in total. The van der Waals surface area contributed by atoms with Crippen molar-refractivity contribution in [1.29, 1.82) is 0 Å². The molecule has 1 amide bonds. The van der Waals surface area contributed by atoms with Gasteiger partial charge in [0.05, 0.1) is 11.0 Å². The number of carbonyl (C=O) groups is 2. The Labute approximate surface area is 141 Å².